The molecule has 3 aromatic rings. The minimum Gasteiger partial charge on any atom is -0.491 e. The lowest BCUT2D eigenvalue weighted by molar-refractivity contribution is 0.00433. The fraction of sp³-hybridized carbons (Fsp3) is 0.537. The molecule has 0 unspecified atom stereocenters. The van der Waals surface area contributed by atoms with Gasteiger partial charge in [0.25, 0.3) is 11.8 Å². The van der Waals surface area contributed by atoms with E-state index in [1.807, 2.05) is 36.4 Å². The fourth-order valence-corrected chi connectivity index (χ4v) is 5.70. The maximum absolute atomic E-state index is 13.0. The molecule has 56 heavy (non-hydrogen) atoms. The Morgan fingerprint density at radius 2 is 0.714 bits per heavy atom. The second-order valence-electron chi connectivity index (χ2n) is 12.8. The minimum atomic E-state index is -0.355. The predicted octanol–water partition coefficient (Wildman–Crippen LogP) is 3.45. The summed E-state index contributed by atoms with van der Waals surface area (Å²) in [6.07, 6.45) is 2.62. The van der Waals surface area contributed by atoms with Gasteiger partial charge in [-0.3, -0.25) is 9.59 Å². The van der Waals surface area contributed by atoms with Crippen molar-refractivity contribution in [3.63, 3.8) is 0 Å². The van der Waals surface area contributed by atoms with E-state index in [4.69, 9.17) is 47.4 Å². The second kappa shape index (κ2) is 25.6. The van der Waals surface area contributed by atoms with Crippen LogP contribution in [0.4, 0.5) is 0 Å². The molecule has 3 aliphatic rings. The number of hydrogen-bond acceptors (Lipinski definition) is 13. The summed E-state index contributed by atoms with van der Waals surface area (Å²) in [4.78, 5) is 30.3. The Morgan fingerprint density at radius 1 is 0.411 bits per heavy atom. The topological polar surface area (TPSA) is 163 Å². The molecule has 0 saturated carbocycles. The van der Waals surface area contributed by atoms with Crippen molar-refractivity contribution in [1.82, 2.24) is 15.6 Å². The molecule has 15 heteroatoms. The van der Waals surface area contributed by atoms with Crippen molar-refractivity contribution in [2.75, 3.05) is 119 Å². The van der Waals surface area contributed by atoms with Crippen molar-refractivity contribution < 1.29 is 57.0 Å². The number of hydrogen-bond donors (Lipinski definition) is 2. The zero-order chi connectivity index (χ0) is 38.9. The van der Waals surface area contributed by atoms with Crippen LogP contribution in [0.2, 0.25) is 0 Å². The van der Waals surface area contributed by atoms with Gasteiger partial charge in [0.05, 0.1) is 79.3 Å². The molecule has 2 aromatic carbocycles. The number of rotatable bonds is 0. The summed E-state index contributed by atoms with van der Waals surface area (Å²) in [5, 5.41) is 5.84. The van der Waals surface area contributed by atoms with Gasteiger partial charge in [0.15, 0.2) is 0 Å². The fourth-order valence-electron chi connectivity index (χ4n) is 5.70. The highest BCUT2D eigenvalue weighted by Gasteiger charge is 2.13. The molecule has 4 heterocycles. The van der Waals surface area contributed by atoms with Crippen LogP contribution < -0.4 is 29.6 Å². The highest BCUT2D eigenvalue weighted by molar-refractivity contribution is 5.96. The molecule has 3 aliphatic heterocycles. The maximum atomic E-state index is 13.0. The molecule has 306 valence electrons. The van der Waals surface area contributed by atoms with E-state index in [9.17, 15) is 9.59 Å². The first-order valence-corrected chi connectivity index (χ1v) is 19.4. The van der Waals surface area contributed by atoms with E-state index in [0.29, 0.717) is 167 Å². The number of pyridine rings is 1. The summed E-state index contributed by atoms with van der Waals surface area (Å²) >= 11 is 0. The van der Waals surface area contributed by atoms with Gasteiger partial charge in [0.1, 0.15) is 60.8 Å². The van der Waals surface area contributed by atoms with Crippen LogP contribution in [0.5, 0.6) is 23.0 Å². The van der Waals surface area contributed by atoms with Gasteiger partial charge in [0.2, 0.25) is 0 Å². The molecule has 2 N–H and O–H groups in total. The minimum absolute atomic E-state index is 0.170. The van der Waals surface area contributed by atoms with Crippen LogP contribution in [-0.4, -0.2) is 136 Å². The van der Waals surface area contributed by atoms with Gasteiger partial charge >= 0.3 is 0 Å². The van der Waals surface area contributed by atoms with Gasteiger partial charge < -0.3 is 58.0 Å². The van der Waals surface area contributed by atoms with E-state index < -0.39 is 0 Å². The SMILES string of the molecule is O=C1NCCCc2cc3cc(c2)OCCOCCOCCOCCOc2cc(cc(c2)OCCOCCOCCOCCO3)CCCNC(=O)c2cccc1n2. The largest absolute Gasteiger partial charge is 0.491 e. The summed E-state index contributed by atoms with van der Waals surface area (Å²) in [5.41, 5.74) is 2.31. The quantitative estimate of drug-likeness (QED) is 0.320. The molecular formula is C41H55N3O12. The van der Waals surface area contributed by atoms with Crippen molar-refractivity contribution in [2.24, 2.45) is 0 Å². The first kappa shape index (κ1) is 42.6. The van der Waals surface area contributed by atoms with Crippen LogP contribution in [0.15, 0.2) is 54.6 Å². The lowest BCUT2D eigenvalue weighted by atomic mass is 10.1. The summed E-state index contributed by atoms with van der Waals surface area (Å²) in [5.74, 6) is 1.88. The number of nitrogens with one attached hydrogen (secondary N) is 2. The van der Waals surface area contributed by atoms with Crippen molar-refractivity contribution in [1.29, 1.82) is 0 Å². The van der Waals surface area contributed by atoms with Crippen molar-refractivity contribution in [2.45, 2.75) is 25.7 Å². The van der Waals surface area contributed by atoms with E-state index in [-0.39, 0.29) is 23.2 Å². The van der Waals surface area contributed by atoms with E-state index in [2.05, 4.69) is 15.6 Å². The Hall–Kier alpha value is -4.51. The van der Waals surface area contributed by atoms with Gasteiger partial charge in [-0.25, -0.2) is 4.98 Å². The van der Waals surface area contributed by atoms with Crippen molar-refractivity contribution in [3.05, 3.63) is 77.1 Å². The predicted molar refractivity (Wildman–Crippen MR) is 205 cm³/mol. The number of aryl methyl sites for hydroxylation is 2. The molecule has 0 aliphatic carbocycles. The number of nitrogens with zero attached hydrogens (tertiary/aromatic N) is 1. The molecule has 1 aromatic heterocycles. The molecule has 15 nitrogen and oxygen atoms in total. The summed E-state index contributed by atoms with van der Waals surface area (Å²) in [6.45, 7) is 7.17. The molecule has 0 radical (unpaired) electrons. The Bertz CT molecular complexity index is 1430. The third-order valence-electron chi connectivity index (χ3n) is 8.42. The average molecular weight is 782 g/mol. The van der Waals surface area contributed by atoms with Crippen LogP contribution in [0.3, 0.4) is 0 Å². The molecule has 0 atom stereocenters. The van der Waals surface area contributed by atoms with E-state index in [0.717, 1.165) is 11.1 Å². The zero-order valence-corrected chi connectivity index (χ0v) is 32.1. The highest BCUT2D eigenvalue weighted by atomic mass is 16.6. The Morgan fingerprint density at radius 3 is 1.04 bits per heavy atom. The van der Waals surface area contributed by atoms with Crippen LogP contribution >= 0.6 is 0 Å². The summed E-state index contributed by atoms with van der Waals surface area (Å²) < 4.78 is 58.2. The summed E-state index contributed by atoms with van der Waals surface area (Å²) in [6, 6.07) is 16.4. The molecule has 6 rings (SSSR count). The van der Waals surface area contributed by atoms with E-state index in [1.54, 1.807) is 18.2 Å². The number of amides is 2. The number of carbonyl (C=O) groups excluding carboxylic acids is 2. The van der Waals surface area contributed by atoms with Crippen LogP contribution in [0, 0.1) is 0 Å². The molecular weight excluding hydrogens is 726 g/mol. The van der Waals surface area contributed by atoms with Gasteiger partial charge in [-0.2, -0.15) is 0 Å². The lowest BCUT2D eigenvalue weighted by Gasteiger charge is -2.14. The standard InChI is InChI=1S/C41H55N3O12/c45-40-38-6-1-7-39(44-38)41(46)43-9-3-5-33-28-36-31-37(29-33)56-25-21-52-17-13-48-11-15-50-19-23-54-35-27-32(4-2-8-42-40)26-34(30-35)53-22-18-49-14-10-47-12-16-51-20-24-55-36/h1,6-7,26-31H,2-5,8-25H2,(H,42,45)(H,43,46). The monoisotopic (exact) mass is 781 g/mol. The highest BCUT2D eigenvalue weighted by Crippen LogP contribution is 2.25. The van der Waals surface area contributed by atoms with Gasteiger partial charge in [0, 0.05) is 25.2 Å². The number of ether oxygens (including phenoxy) is 10. The van der Waals surface area contributed by atoms with Crippen LogP contribution in [0.1, 0.15) is 44.9 Å². The normalized spacial score (nSPS) is 19.1. The number of fused-ring (bicyclic) bond motifs is 32. The van der Waals surface area contributed by atoms with Gasteiger partial charge in [-0.1, -0.05) is 6.07 Å². The van der Waals surface area contributed by atoms with Crippen molar-refractivity contribution in [3.8, 4) is 23.0 Å². The second-order valence-corrected chi connectivity index (χ2v) is 12.8. The number of benzene rings is 2. The number of carbonyl (C=O) groups is 2. The van der Waals surface area contributed by atoms with Crippen LogP contribution in [0.25, 0.3) is 0 Å². The Kier molecular flexibility index (Phi) is 19.5. The number of aromatic nitrogens is 1. The third-order valence-corrected chi connectivity index (χ3v) is 8.42. The molecule has 0 saturated heterocycles. The Labute approximate surface area is 328 Å². The first-order valence-electron chi connectivity index (χ1n) is 19.4. The van der Waals surface area contributed by atoms with Crippen LogP contribution in [-0.2, 0) is 41.3 Å². The molecule has 0 spiro atoms. The van der Waals surface area contributed by atoms with Crippen molar-refractivity contribution >= 4 is 11.8 Å². The zero-order valence-electron chi connectivity index (χ0n) is 32.1. The van der Waals surface area contributed by atoms with Gasteiger partial charge in [-0.15, -0.1) is 0 Å². The summed E-state index contributed by atoms with van der Waals surface area (Å²) in [7, 11) is 0. The average Bonchev–Trinajstić information content (AvgIpc) is 3.21. The molecule has 0 fully saturated rings. The Balaban J connectivity index is 1.28. The van der Waals surface area contributed by atoms with Gasteiger partial charge in [-0.05, 0) is 73.2 Å². The molecule has 2 amide bonds. The van der Waals surface area contributed by atoms with E-state index >= 15 is 0 Å². The first-order chi connectivity index (χ1) is 27.6. The maximum Gasteiger partial charge on any atom is 0.269 e. The molecule has 8 bridgehead atoms. The third kappa shape index (κ3) is 16.7. The smallest absolute Gasteiger partial charge is 0.269 e. The van der Waals surface area contributed by atoms with E-state index in [1.165, 1.54) is 0 Å². The lowest BCUT2D eigenvalue weighted by Crippen LogP contribution is -2.29.